The molecule has 1 aliphatic rings. The Kier molecular flexibility index (Phi) is 3.17. The Hall–Kier alpha value is -1.06. The molecule has 1 aliphatic heterocycles. The Morgan fingerprint density at radius 2 is 2.12 bits per heavy atom. The second-order valence-corrected chi connectivity index (χ2v) is 4.87. The molecule has 1 saturated heterocycles. The number of phenolic OH excluding ortho intramolecular Hbond substituents is 1. The molecule has 0 aliphatic carbocycles. The standard InChI is InChI=1S/C13H19NO2/c1-14-8-4-7-13(16,10-14)9-11-5-2-3-6-12(11)15/h2-3,5-6,15-16H,4,7-10H2,1H3. The number of likely N-dealkylation sites (tertiary alicyclic amines) is 1. The maximum absolute atomic E-state index is 10.5. The lowest BCUT2D eigenvalue weighted by molar-refractivity contribution is -0.0227. The predicted molar refractivity (Wildman–Crippen MR) is 63.5 cm³/mol. The minimum Gasteiger partial charge on any atom is -0.508 e. The molecule has 1 atom stereocenters. The highest BCUT2D eigenvalue weighted by Crippen LogP contribution is 2.28. The molecule has 88 valence electrons. The van der Waals surface area contributed by atoms with Crippen molar-refractivity contribution in [2.45, 2.75) is 24.9 Å². The van der Waals surface area contributed by atoms with Gasteiger partial charge in [0.15, 0.2) is 0 Å². The highest BCUT2D eigenvalue weighted by Gasteiger charge is 2.32. The summed E-state index contributed by atoms with van der Waals surface area (Å²) in [4.78, 5) is 2.14. The van der Waals surface area contributed by atoms with Gasteiger partial charge in [-0.1, -0.05) is 18.2 Å². The van der Waals surface area contributed by atoms with E-state index in [-0.39, 0.29) is 5.75 Å². The van der Waals surface area contributed by atoms with E-state index < -0.39 is 5.60 Å². The van der Waals surface area contributed by atoms with Crippen molar-refractivity contribution in [3.8, 4) is 5.75 Å². The van der Waals surface area contributed by atoms with Gasteiger partial charge in [-0.2, -0.15) is 0 Å². The van der Waals surface area contributed by atoms with Crippen LogP contribution in [0, 0.1) is 0 Å². The summed E-state index contributed by atoms with van der Waals surface area (Å²) in [6, 6.07) is 7.24. The van der Waals surface area contributed by atoms with Crippen molar-refractivity contribution in [2.24, 2.45) is 0 Å². The van der Waals surface area contributed by atoms with Gasteiger partial charge in [0.05, 0.1) is 5.60 Å². The summed E-state index contributed by atoms with van der Waals surface area (Å²) >= 11 is 0. The quantitative estimate of drug-likeness (QED) is 0.793. The smallest absolute Gasteiger partial charge is 0.118 e. The van der Waals surface area contributed by atoms with Gasteiger partial charge < -0.3 is 15.1 Å². The van der Waals surface area contributed by atoms with Crippen molar-refractivity contribution < 1.29 is 10.2 Å². The van der Waals surface area contributed by atoms with Crippen molar-refractivity contribution in [2.75, 3.05) is 20.1 Å². The molecule has 1 aromatic rings. The van der Waals surface area contributed by atoms with Crippen LogP contribution in [0.1, 0.15) is 18.4 Å². The van der Waals surface area contributed by atoms with Crippen LogP contribution in [0.15, 0.2) is 24.3 Å². The van der Waals surface area contributed by atoms with E-state index in [1.807, 2.05) is 19.2 Å². The van der Waals surface area contributed by atoms with Gasteiger partial charge in [-0.05, 0) is 38.1 Å². The number of aromatic hydroxyl groups is 1. The average Bonchev–Trinajstić information content (AvgIpc) is 2.21. The zero-order chi connectivity index (χ0) is 11.6. The lowest BCUT2D eigenvalue weighted by atomic mass is 9.86. The van der Waals surface area contributed by atoms with Crippen molar-refractivity contribution in [3.63, 3.8) is 0 Å². The van der Waals surface area contributed by atoms with E-state index >= 15 is 0 Å². The van der Waals surface area contributed by atoms with Crippen LogP contribution >= 0.6 is 0 Å². The number of nitrogens with zero attached hydrogens (tertiary/aromatic N) is 1. The van der Waals surface area contributed by atoms with Gasteiger partial charge in [-0.3, -0.25) is 0 Å². The molecule has 0 amide bonds. The summed E-state index contributed by atoms with van der Waals surface area (Å²) in [5.74, 6) is 0.282. The van der Waals surface area contributed by atoms with Crippen molar-refractivity contribution in [1.82, 2.24) is 4.90 Å². The predicted octanol–water partition coefficient (Wildman–Crippen LogP) is 1.39. The highest BCUT2D eigenvalue weighted by molar-refractivity contribution is 5.33. The molecule has 1 fully saturated rings. The minimum atomic E-state index is -0.689. The maximum Gasteiger partial charge on any atom is 0.118 e. The first-order chi connectivity index (χ1) is 7.59. The number of likely N-dealkylation sites (N-methyl/N-ethyl adjacent to an activating group) is 1. The topological polar surface area (TPSA) is 43.7 Å². The first kappa shape index (κ1) is 11.4. The summed E-state index contributed by atoms with van der Waals surface area (Å²) in [6.45, 7) is 1.73. The van der Waals surface area contributed by atoms with Crippen molar-refractivity contribution in [3.05, 3.63) is 29.8 Å². The number of phenols is 1. The zero-order valence-electron chi connectivity index (χ0n) is 9.69. The first-order valence-electron chi connectivity index (χ1n) is 5.77. The van der Waals surface area contributed by atoms with E-state index in [0.717, 1.165) is 24.9 Å². The fourth-order valence-corrected chi connectivity index (χ4v) is 2.50. The molecule has 0 bridgehead atoms. The van der Waals surface area contributed by atoms with E-state index in [1.54, 1.807) is 12.1 Å². The number of hydrogen-bond acceptors (Lipinski definition) is 3. The Balaban J connectivity index is 2.11. The molecule has 1 aromatic carbocycles. The number of piperidine rings is 1. The molecule has 0 aromatic heterocycles. The van der Waals surface area contributed by atoms with Gasteiger partial charge in [0.2, 0.25) is 0 Å². The van der Waals surface area contributed by atoms with E-state index in [4.69, 9.17) is 0 Å². The Bertz CT molecular complexity index is 367. The number of β-amino-alcohol motifs (C(OH)–C–C–N with tert-alkyl or cyclic N) is 1. The van der Waals surface area contributed by atoms with Crippen LogP contribution < -0.4 is 0 Å². The molecular weight excluding hydrogens is 202 g/mol. The van der Waals surface area contributed by atoms with E-state index in [0.29, 0.717) is 13.0 Å². The lowest BCUT2D eigenvalue weighted by Gasteiger charge is -2.37. The van der Waals surface area contributed by atoms with Crippen LogP contribution in [-0.4, -0.2) is 40.9 Å². The SMILES string of the molecule is CN1CCCC(O)(Cc2ccccc2O)C1. The third-order valence-electron chi connectivity index (χ3n) is 3.26. The number of hydrogen-bond donors (Lipinski definition) is 2. The zero-order valence-corrected chi connectivity index (χ0v) is 9.69. The molecule has 3 nitrogen and oxygen atoms in total. The largest absolute Gasteiger partial charge is 0.508 e. The van der Waals surface area contributed by atoms with E-state index in [9.17, 15) is 10.2 Å². The summed E-state index contributed by atoms with van der Waals surface area (Å²) in [7, 11) is 2.02. The molecule has 1 heterocycles. The Morgan fingerprint density at radius 3 is 2.81 bits per heavy atom. The molecule has 16 heavy (non-hydrogen) atoms. The third-order valence-corrected chi connectivity index (χ3v) is 3.26. The maximum atomic E-state index is 10.5. The summed E-state index contributed by atoms with van der Waals surface area (Å²) < 4.78 is 0. The Labute approximate surface area is 96.3 Å². The highest BCUT2D eigenvalue weighted by atomic mass is 16.3. The van der Waals surface area contributed by atoms with Crippen molar-refractivity contribution in [1.29, 1.82) is 0 Å². The van der Waals surface area contributed by atoms with Gasteiger partial charge in [0.1, 0.15) is 5.75 Å². The average molecular weight is 221 g/mol. The number of benzene rings is 1. The van der Waals surface area contributed by atoms with Crippen LogP contribution in [0.2, 0.25) is 0 Å². The second kappa shape index (κ2) is 4.44. The number of rotatable bonds is 2. The number of aliphatic hydroxyl groups is 1. The molecular formula is C13H19NO2. The molecule has 2 rings (SSSR count). The van der Waals surface area contributed by atoms with Gasteiger partial charge in [0.25, 0.3) is 0 Å². The van der Waals surface area contributed by atoms with Crippen LogP contribution in [0.5, 0.6) is 5.75 Å². The lowest BCUT2D eigenvalue weighted by Crippen LogP contribution is -2.47. The summed E-state index contributed by atoms with van der Waals surface area (Å²) in [6.07, 6.45) is 2.36. The van der Waals surface area contributed by atoms with Gasteiger partial charge in [-0.15, -0.1) is 0 Å². The van der Waals surface area contributed by atoms with Gasteiger partial charge >= 0.3 is 0 Å². The van der Waals surface area contributed by atoms with Crippen LogP contribution in [0.4, 0.5) is 0 Å². The third kappa shape index (κ3) is 2.54. The fraction of sp³-hybridized carbons (Fsp3) is 0.538. The summed E-state index contributed by atoms with van der Waals surface area (Å²) in [5, 5.41) is 20.2. The molecule has 2 N–H and O–H groups in total. The molecule has 0 spiro atoms. The fourth-order valence-electron chi connectivity index (χ4n) is 2.50. The first-order valence-corrected chi connectivity index (χ1v) is 5.77. The molecule has 0 radical (unpaired) electrons. The second-order valence-electron chi connectivity index (χ2n) is 4.87. The van der Waals surface area contributed by atoms with Gasteiger partial charge in [-0.25, -0.2) is 0 Å². The molecule has 1 unspecified atom stereocenters. The molecule has 3 heteroatoms. The normalized spacial score (nSPS) is 26.9. The Morgan fingerprint density at radius 1 is 1.38 bits per heavy atom. The van der Waals surface area contributed by atoms with Crippen LogP contribution in [0.3, 0.4) is 0 Å². The van der Waals surface area contributed by atoms with Gasteiger partial charge in [0, 0.05) is 13.0 Å². The van der Waals surface area contributed by atoms with E-state index in [1.165, 1.54) is 0 Å². The van der Waals surface area contributed by atoms with Crippen LogP contribution in [0.25, 0.3) is 0 Å². The minimum absolute atomic E-state index is 0.282. The summed E-state index contributed by atoms with van der Waals surface area (Å²) in [5.41, 5.74) is 0.145. The monoisotopic (exact) mass is 221 g/mol. The molecule has 0 saturated carbocycles. The van der Waals surface area contributed by atoms with Crippen molar-refractivity contribution >= 4 is 0 Å². The van der Waals surface area contributed by atoms with E-state index in [2.05, 4.69) is 4.90 Å². The van der Waals surface area contributed by atoms with Crippen LogP contribution in [-0.2, 0) is 6.42 Å². The number of para-hydroxylation sites is 1.